The maximum absolute atomic E-state index is 12.4. The molecule has 1 N–H and O–H groups in total. The van der Waals surface area contributed by atoms with Crippen LogP contribution in [0, 0.1) is 5.92 Å². The van der Waals surface area contributed by atoms with Crippen LogP contribution in [0.15, 0.2) is 78.9 Å². The van der Waals surface area contributed by atoms with Gasteiger partial charge in [-0.05, 0) is 45.0 Å². The molecule has 0 aliphatic rings. The van der Waals surface area contributed by atoms with Gasteiger partial charge < -0.3 is 10.1 Å². The summed E-state index contributed by atoms with van der Waals surface area (Å²) in [7, 11) is 1.83. The van der Waals surface area contributed by atoms with Gasteiger partial charge in [-0.15, -0.1) is 5.10 Å². The van der Waals surface area contributed by atoms with Gasteiger partial charge in [-0.1, -0.05) is 92.7 Å². The van der Waals surface area contributed by atoms with Crippen LogP contribution in [0.1, 0.15) is 25.0 Å². The molecular formula is C27H29N5O2. The van der Waals surface area contributed by atoms with Gasteiger partial charge in [0.25, 0.3) is 0 Å². The molecular weight excluding hydrogens is 426 g/mol. The van der Waals surface area contributed by atoms with Crippen LogP contribution in [0.4, 0.5) is 4.79 Å². The molecule has 7 nitrogen and oxygen atoms in total. The molecule has 4 aromatic rings. The Kier molecular flexibility index (Phi) is 7.32. The highest BCUT2D eigenvalue weighted by atomic mass is 16.5. The average Bonchev–Trinajstić information content (AvgIpc) is 3.29. The first-order chi connectivity index (χ1) is 16.5. The van der Waals surface area contributed by atoms with E-state index < -0.39 is 6.09 Å². The predicted octanol–water partition coefficient (Wildman–Crippen LogP) is 5.04. The normalized spacial score (nSPS) is 11.9. The summed E-state index contributed by atoms with van der Waals surface area (Å²) in [6, 6.07) is 26.1. The lowest BCUT2D eigenvalue weighted by atomic mass is 9.94. The predicted molar refractivity (Wildman–Crippen MR) is 132 cm³/mol. The zero-order valence-corrected chi connectivity index (χ0v) is 19.7. The van der Waals surface area contributed by atoms with Crippen molar-refractivity contribution in [1.82, 2.24) is 25.5 Å². The highest BCUT2D eigenvalue weighted by Gasteiger charge is 2.18. The number of hydrogen-bond acceptors (Lipinski definition) is 5. The van der Waals surface area contributed by atoms with E-state index in [9.17, 15) is 4.79 Å². The molecule has 1 heterocycles. The van der Waals surface area contributed by atoms with Crippen molar-refractivity contribution < 1.29 is 9.53 Å². The average molecular weight is 456 g/mol. The van der Waals surface area contributed by atoms with Gasteiger partial charge in [-0.25, -0.2) is 9.48 Å². The number of rotatable bonds is 8. The van der Waals surface area contributed by atoms with Crippen LogP contribution in [-0.2, 0) is 24.8 Å². The number of alkyl carbamates (subject to hydrolysis) is 1. The Morgan fingerprint density at radius 3 is 2.24 bits per heavy atom. The first-order valence-electron chi connectivity index (χ1n) is 11.4. The Bertz CT molecular complexity index is 1220. The molecule has 0 saturated heterocycles. The zero-order valence-electron chi connectivity index (χ0n) is 19.7. The lowest BCUT2D eigenvalue weighted by Gasteiger charge is -2.22. The number of ether oxygens (including phenoxy) is 1. The van der Waals surface area contributed by atoms with Crippen LogP contribution in [0.3, 0.4) is 0 Å². The maximum Gasteiger partial charge on any atom is 0.407 e. The van der Waals surface area contributed by atoms with E-state index in [1.54, 1.807) is 4.68 Å². The molecule has 0 radical (unpaired) electrons. The third-order valence-electron chi connectivity index (χ3n) is 5.83. The molecule has 174 valence electrons. The molecule has 1 unspecified atom stereocenters. The van der Waals surface area contributed by atoms with Gasteiger partial charge in [0, 0.05) is 18.7 Å². The third kappa shape index (κ3) is 5.67. The lowest BCUT2D eigenvalue weighted by molar-refractivity contribution is 0.132. The largest absolute Gasteiger partial charge is 0.445 e. The van der Waals surface area contributed by atoms with E-state index in [-0.39, 0.29) is 18.6 Å². The van der Waals surface area contributed by atoms with Gasteiger partial charge in [-0.3, -0.25) is 0 Å². The molecule has 1 amide bonds. The molecule has 4 rings (SSSR count). The van der Waals surface area contributed by atoms with Crippen molar-refractivity contribution in [2.45, 2.75) is 32.9 Å². The molecule has 0 saturated carbocycles. The van der Waals surface area contributed by atoms with Crippen LogP contribution in [-0.4, -0.2) is 32.3 Å². The molecule has 0 fully saturated rings. The Labute approximate surface area is 199 Å². The zero-order chi connectivity index (χ0) is 23.9. The second-order valence-electron chi connectivity index (χ2n) is 8.63. The summed E-state index contributed by atoms with van der Waals surface area (Å²) in [5.41, 5.74) is 5.23. The Hall–Kier alpha value is -4.00. The molecule has 3 aromatic carbocycles. The Morgan fingerprint density at radius 2 is 1.59 bits per heavy atom. The third-order valence-corrected chi connectivity index (χ3v) is 5.83. The number of carbonyl (C=O) groups excluding carboxylic acids is 1. The van der Waals surface area contributed by atoms with Crippen LogP contribution in [0.25, 0.3) is 22.5 Å². The van der Waals surface area contributed by atoms with Crippen molar-refractivity contribution in [2.75, 3.05) is 0 Å². The fraction of sp³-hybridized carbons (Fsp3) is 0.259. The number of nitrogens with one attached hydrogen (secondary N) is 1. The fourth-order valence-corrected chi connectivity index (χ4v) is 3.83. The monoisotopic (exact) mass is 455 g/mol. The topological polar surface area (TPSA) is 81.9 Å². The summed E-state index contributed by atoms with van der Waals surface area (Å²) in [5.74, 6) is 0.978. The summed E-state index contributed by atoms with van der Waals surface area (Å²) in [5, 5.41) is 14.9. The number of benzene rings is 3. The minimum absolute atomic E-state index is 0.0360. The molecule has 0 spiro atoms. The van der Waals surface area contributed by atoms with E-state index in [4.69, 9.17) is 4.74 Å². The van der Waals surface area contributed by atoms with E-state index in [1.165, 1.54) is 0 Å². The number of aryl methyl sites for hydroxylation is 1. The molecule has 1 atom stereocenters. The van der Waals surface area contributed by atoms with Gasteiger partial charge in [0.05, 0.1) is 0 Å². The highest BCUT2D eigenvalue weighted by Crippen LogP contribution is 2.30. The quantitative estimate of drug-likeness (QED) is 0.403. The number of aromatic nitrogens is 4. The summed E-state index contributed by atoms with van der Waals surface area (Å²) >= 11 is 0. The molecule has 34 heavy (non-hydrogen) atoms. The van der Waals surface area contributed by atoms with Crippen molar-refractivity contribution in [2.24, 2.45) is 13.0 Å². The van der Waals surface area contributed by atoms with E-state index in [0.29, 0.717) is 6.42 Å². The van der Waals surface area contributed by atoms with E-state index in [2.05, 4.69) is 65.0 Å². The first kappa shape index (κ1) is 23.2. The van der Waals surface area contributed by atoms with Crippen LogP contribution in [0.5, 0.6) is 0 Å². The number of carbonyl (C=O) groups is 1. The molecule has 7 heteroatoms. The summed E-state index contributed by atoms with van der Waals surface area (Å²) in [6.45, 7) is 4.45. The number of nitrogens with zero attached hydrogens (tertiary/aromatic N) is 4. The van der Waals surface area contributed by atoms with Crippen molar-refractivity contribution in [1.29, 1.82) is 0 Å². The molecule has 0 aliphatic heterocycles. The van der Waals surface area contributed by atoms with Gasteiger partial charge in [0.1, 0.15) is 6.61 Å². The Balaban J connectivity index is 1.43. The van der Waals surface area contributed by atoms with Crippen LogP contribution < -0.4 is 5.32 Å². The van der Waals surface area contributed by atoms with E-state index in [1.807, 2.05) is 55.6 Å². The summed E-state index contributed by atoms with van der Waals surface area (Å²) in [6.07, 6.45) is 0.318. The first-order valence-corrected chi connectivity index (χ1v) is 11.4. The maximum atomic E-state index is 12.4. The second kappa shape index (κ2) is 10.7. The lowest BCUT2D eigenvalue weighted by Crippen LogP contribution is -2.40. The van der Waals surface area contributed by atoms with Crippen molar-refractivity contribution in [3.05, 3.63) is 90.0 Å². The summed E-state index contributed by atoms with van der Waals surface area (Å²) in [4.78, 5) is 12.4. The van der Waals surface area contributed by atoms with Gasteiger partial charge in [-0.2, -0.15) is 0 Å². The van der Waals surface area contributed by atoms with Gasteiger partial charge in [0.15, 0.2) is 5.82 Å². The summed E-state index contributed by atoms with van der Waals surface area (Å²) < 4.78 is 7.08. The molecule has 0 bridgehead atoms. The molecule has 1 aromatic heterocycles. The van der Waals surface area contributed by atoms with Crippen LogP contribution in [0.2, 0.25) is 0 Å². The minimum atomic E-state index is -0.398. The highest BCUT2D eigenvalue weighted by molar-refractivity contribution is 5.80. The van der Waals surface area contributed by atoms with Crippen LogP contribution >= 0.6 is 0 Å². The smallest absolute Gasteiger partial charge is 0.407 e. The van der Waals surface area contributed by atoms with Gasteiger partial charge in [0.2, 0.25) is 0 Å². The number of tetrazole rings is 1. The second-order valence-corrected chi connectivity index (χ2v) is 8.63. The SMILES string of the molecule is CC(C)C(Cc1ccc(-c2ccccc2-c2nnnn2C)cc1)NC(=O)OCc1ccccc1. The van der Waals surface area contributed by atoms with Gasteiger partial charge >= 0.3 is 6.09 Å². The van der Waals surface area contributed by atoms with Crippen molar-refractivity contribution in [3.63, 3.8) is 0 Å². The van der Waals surface area contributed by atoms with E-state index >= 15 is 0 Å². The number of hydrogen-bond donors (Lipinski definition) is 1. The van der Waals surface area contributed by atoms with Crippen molar-refractivity contribution >= 4 is 6.09 Å². The number of amides is 1. The van der Waals surface area contributed by atoms with Crippen molar-refractivity contribution in [3.8, 4) is 22.5 Å². The fourth-order valence-electron chi connectivity index (χ4n) is 3.83. The minimum Gasteiger partial charge on any atom is -0.445 e. The molecule has 0 aliphatic carbocycles. The Morgan fingerprint density at radius 1 is 0.912 bits per heavy atom. The van der Waals surface area contributed by atoms with E-state index in [0.717, 1.165) is 33.6 Å². The standard InChI is InChI=1S/C27H29N5O2/c1-19(2)25(28-27(33)34-18-21-9-5-4-6-10-21)17-20-13-15-22(16-14-20)23-11-7-8-12-24(23)26-29-30-31-32(26)3/h4-16,19,25H,17-18H2,1-3H3,(H,28,33).